The lowest BCUT2D eigenvalue weighted by Crippen LogP contribution is -2.52. The quantitative estimate of drug-likeness (QED) is 0.843. The molecule has 1 amide bonds. The van der Waals surface area contributed by atoms with E-state index in [0.29, 0.717) is 12.1 Å². The summed E-state index contributed by atoms with van der Waals surface area (Å²) in [6.45, 7) is 10.5. The topological polar surface area (TPSA) is 35.6 Å². The van der Waals surface area contributed by atoms with Crippen molar-refractivity contribution < 1.29 is 9.18 Å². The molecule has 1 N–H and O–H groups in total. The maximum atomic E-state index is 13.1. The summed E-state index contributed by atoms with van der Waals surface area (Å²) < 4.78 is 13.1. The zero-order valence-electron chi connectivity index (χ0n) is 16.3. The molecule has 0 saturated carbocycles. The summed E-state index contributed by atoms with van der Waals surface area (Å²) in [6, 6.07) is 7.55. The number of halogens is 1. The van der Waals surface area contributed by atoms with E-state index in [4.69, 9.17) is 0 Å². The van der Waals surface area contributed by atoms with E-state index in [9.17, 15) is 9.18 Å². The van der Waals surface area contributed by atoms with Crippen molar-refractivity contribution in [2.75, 3.05) is 31.1 Å². The second-order valence-corrected chi connectivity index (χ2v) is 7.96. The number of rotatable bonds is 6. The van der Waals surface area contributed by atoms with Gasteiger partial charge in [-0.25, -0.2) is 4.39 Å². The highest BCUT2D eigenvalue weighted by molar-refractivity contribution is 5.85. The highest BCUT2D eigenvalue weighted by Gasteiger charge is 2.43. The number of amides is 1. The normalized spacial score (nSPS) is 26.2. The molecule has 0 spiro atoms. The molecule has 0 unspecified atom stereocenters. The first-order valence-electron chi connectivity index (χ1n) is 10.0. The summed E-state index contributed by atoms with van der Waals surface area (Å²) >= 11 is 0. The number of carbonyl (C=O) groups is 1. The standard InChI is InChI=1S/C21H32FN3O/c1-4-21(5-2)14-18(23-20(21)26)10-11-24-12-13-25(15-16(24)3)19-8-6-17(22)7-9-19/h6-9,16,18H,4-5,10-15H2,1-3H3,(H,23,26)/t16-,18+/m1/s1. The van der Waals surface area contributed by atoms with Crippen LogP contribution in [0.3, 0.4) is 0 Å². The molecule has 2 saturated heterocycles. The summed E-state index contributed by atoms with van der Waals surface area (Å²) in [7, 11) is 0. The molecule has 0 bridgehead atoms. The average Bonchev–Trinajstić information content (AvgIpc) is 2.97. The average molecular weight is 362 g/mol. The number of carbonyl (C=O) groups excluding carboxylic acids is 1. The Hall–Kier alpha value is -1.62. The number of piperazine rings is 1. The van der Waals surface area contributed by atoms with Gasteiger partial charge in [-0.3, -0.25) is 9.69 Å². The molecule has 1 aromatic carbocycles. The fourth-order valence-electron chi connectivity index (χ4n) is 4.52. The van der Waals surface area contributed by atoms with Gasteiger partial charge in [0.1, 0.15) is 5.82 Å². The van der Waals surface area contributed by atoms with Crippen molar-refractivity contribution in [2.45, 2.75) is 58.5 Å². The molecule has 2 aliphatic heterocycles. The first-order chi connectivity index (χ1) is 12.5. The SMILES string of the molecule is CCC1(CC)C[C@H](CCN2CCN(c3ccc(F)cc3)C[C@H]2C)NC1=O. The minimum atomic E-state index is -0.186. The molecule has 2 heterocycles. The van der Waals surface area contributed by atoms with Crippen LogP contribution in [0.1, 0.15) is 46.5 Å². The van der Waals surface area contributed by atoms with Crippen LogP contribution in [-0.2, 0) is 4.79 Å². The first-order valence-corrected chi connectivity index (χ1v) is 10.0. The van der Waals surface area contributed by atoms with Crippen LogP contribution in [0.15, 0.2) is 24.3 Å². The van der Waals surface area contributed by atoms with Crippen molar-refractivity contribution in [3.63, 3.8) is 0 Å². The van der Waals surface area contributed by atoms with Crippen LogP contribution in [0.5, 0.6) is 0 Å². The minimum Gasteiger partial charge on any atom is -0.369 e. The van der Waals surface area contributed by atoms with Crippen LogP contribution in [0.2, 0.25) is 0 Å². The molecule has 0 aliphatic carbocycles. The van der Waals surface area contributed by atoms with Gasteiger partial charge in [0.05, 0.1) is 5.41 Å². The van der Waals surface area contributed by atoms with Gasteiger partial charge in [0.2, 0.25) is 5.91 Å². The van der Waals surface area contributed by atoms with Gasteiger partial charge >= 0.3 is 0 Å². The van der Waals surface area contributed by atoms with Crippen LogP contribution in [0, 0.1) is 11.2 Å². The molecule has 2 fully saturated rings. The molecule has 4 nitrogen and oxygen atoms in total. The van der Waals surface area contributed by atoms with Crippen molar-refractivity contribution in [1.29, 1.82) is 0 Å². The Balaban J connectivity index is 1.50. The zero-order valence-corrected chi connectivity index (χ0v) is 16.3. The van der Waals surface area contributed by atoms with E-state index >= 15 is 0 Å². The van der Waals surface area contributed by atoms with E-state index in [0.717, 1.165) is 57.5 Å². The third kappa shape index (κ3) is 3.88. The van der Waals surface area contributed by atoms with Gasteiger partial charge in [0, 0.05) is 44.0 Å². The smallest absolute Gasteiger partial charge is 0.226 e. The van der Waals surface area contributed by atoms with Crippen molar-refractivity contribution in [3.8, 4) is 0 Å². The summed E-state index contributed by atoms with van der Waals surface area (Å²) in [4.78, 5) is 17.2. The molecule has 5 heteroatoms. The van der Waals surface area contributed by atoms with Crippen LogP contribution >= 0.6 is 0 Å². The molecule has 2 aliphatic rings. The highest BCUT2D eigenvalue weighted by Crippen LogP contribution is 2.37. The number of benzene rings is 1. The second-order valence-electron chi connectivity index (χ2n) is 7.96. The molecule has 0 radical (unpaired) electrons. The van der Waals surface area contributed by atoms with Crippen molar-refractivity contribution >= 4 is 11.6 Å². The van der Waals surface area contributed by atoms with Crippen molar-refractivity contribution in [2.24, 2.45) is 5.41 Å². The van der Waals surface area contributed by atoms with E-state index in [1.54, 1.807) is 0 Å². The maximum absolute atomic E-state index is 13.1. The number of nitrogens with one attached hydrogen (secondary N) is 1. The molecule has 3 rings (SSSR count). The highest BCUT2D eigenvalue weighted by atomic mass is 19.1. The lowest BCUT2D eigenvalue weighted by molar-refractivity contribution is -0.128. The lowest BCUT2D eigenvalue weighted by Gasteiger charge is -2.41. The van der Waals surface area contributed by atoms with Crippen LogP contribution < -0.4 is 10.2 Å². The predicted molar refractivity (Wildman–Crippen MR) is 104 cm³/mol. The number of hydrogen-bond acceptors (Lipinski definition) is 3. The summed E-state index contributed by atoms with van der Waals surface area (Å²) in [6.07, 6.45) is 3.86. The molecular formula is C21H32FN3O. The Labute approximate surface area is 156 Å². The minimum absolute atomic E-state index is 0.141. The van der Waals surface area contributed by atoms with Gasteiger partial charge in [-0.05, 0) is 56.9 Å². The van der Waals surface area contributed by atoms with E-state index in [-0.39, 0.29) is 17.1 Å². The molecular weight excluding hydrogens is 329 g/mol. The Morgan fingerprint density at radius 1 is 1.19 bits per heavy atom. The molecule has 1 aromatic rings. The fraction of sp³-hybridized carbons (Fsp3) is 0.667. The lowest BCUT2D eigenvalue weighted by atomic mass is 9.79. The molecule has 144 valence electrons. The summed E-state index contributed by atoms with van der Waals surface area (Å²) in [5.74, 6) is 0.0657. The van der Waals surface area contributed by atoms with Crippen molar-refractivity contribution in [1.82, 2.24) is 10.2 Å². The molecule has 0 aromatic heterocycles. The van der Waals surface area contributed by atoms with Gasteiger partial charge < -0.3 is 10.2 Å². The first kappa shape index (κ1) is 19.2. The van der Waals surface area contributed by atoms with E-state index in [1.165, 1.54) is 12.1 Å². The summed E-state index contributed by atoms with van der Waals surface area (Å²) in [5, 5.41) is 3.23. The van der Waals surface area contributed by atoms with E-state index in [2.05, 4.69) is 35.9 Å². The predicted octanol–water partition coefficient (Wildman–Crippen LogP) is 3.42. The van der Waals surface area contributed by atoms with Crippen LogP contribution in [0.25, 0.3) is 0 Å². The maximum Gasteiger partial charge on any atom is 0.226 e. The Kier molecular flexibility index (Phi) is 5.86. The monoisotopic (exact) mass is 361 g/mol. The van der Waals surface area contributed by atoms with Crippen molar-refractivity contribution in [3.05, 3.63) is 30.1 Å². The summed E-state index contributed by atoms with van der Waals surface area (Å²) in [5.41, 5.74) is 0.953. The van der Waals surface area contributed by atoms with Gasteiger partial charge in [-0.15, -0.1) is 0 Å². The van der Waals surface area contributed by atoms with E-state index in [1.807, 2.05) is 12.1 Å². The number of anilines is 1. The van der Waals surface area contributed by atoms with Crippen LogP contribution in [-0.4, -0.2) is 49.1 Å². The Morgan fingerprint density at radius 2 is 1.88 bits per heavy atom. The van der Waals surface area contributed by atoms with Gasteiger partial charge in [0.25, 0.3) is 0 Å². The Morgan fingerprint density at radius 3 is 2.46 bits per heavy atom. The number of hydrogen-bond donors (Lipinski definition) is 1. The fourth-order valence-corrected chi connectivity index (χ4v) is 4.52. The second kappa shape index (κ2) is 7.95. The molecule has 26 heavy (non-hydrogen) atoms. The van der Waals surface area contributed by atoms with E-state index < -0.39 is 0 Å². The van der Waals surface area contributed by atoms with Gasteiger partial charge in [0.15, 0.2) is 0 Å². The zero-order chi connectivity index (χ0) is 18.7. The molecule has 2 atom stereocenters. The van der Waals surface area contributed by atoms with Crippen LogP contribution in [0.4, 0.5) is 10.1 Å². The largest absolute Gasteiger partial charge is 0.369 e. The van der Waals surface area contributed by atoms with Gasteiger partial charge in [-0.1, -0.05) is 13.8 Å². The Bertz CT molecular complexity index is 614. The third-order valence-electron chi connectivity index (χ3n) is 6.53. The number of nitrogens with zero attached hydrogens (tertiary/aromatic N) is 2. The third-order valence-corrected chi connectivity index (χ3v) is 6.53. The van der Waals surface area contributed by atoms with Gasteiger partial charge in [-0.2, -0.15) is 0 Å².